The third kappa shape index (κ3) is 3.42. The predicted molar refractivity (Wildman–Crippen MR) is 98.5 cm³/mol. The van der Waals surface area contributed by atoms with Crippen molar-refractivity contribution in [2.24, 2.45) is 0 Å². The van der Waals surface area contributed by atoms with E-state index in [0.717, 1.165) is 36.2 Å². The van der Waals surface area contributed by atoms with Crippen LogP contribution in [0, 0.1) is 0 Å². The highest BCUT2D eigenvalue weighted by Gasteiger charge is 2.33. The molecule has 7 nitrogen and oxygen atoms in total. The van der Waals surface area contributed by atoms with Crippen LogP contribution in [-0.4, -0.2) is 39.0 Å². The smallest absolute Gasteiger partial charge is 0.207 e. The largest absolute Gasteiger partial charge is 0.243 e. The minimum atomic E-state index is -3.57. The minimum absolute atomic E-state index is 0.0706. The standard InChI is InChI=1S/C17H19N5O2S2/c23-26(24,17-9-7-14(8-10-17)21-13-18-19-20-21)22(15-4-1-2-5-15)12-16-6-3-11-25-16/h3,6-11,13,15H,1-2,4-5,12H2. The molecule has 2 aromatic heterocycles. The fraction of sp³-hybridized carbons (Fsp3) is 0.353. The lowest BCUT2D eigenvalue weighted by Gasteiger charge is -2.27. The summed E-state index contributed by atoms with van der Waals surface area (Å²) in [7, 11) is -3.57. The summed E-state index contributed by atoms with van der Waals surface area (Å²) in [6.45, 7) is 0.430. The van der Waals surface area contributed by atoms with Crippen LogP contribution in [0.1, 0.15) is 30.6 Å². The molecule has 1 saturated carbocycles. The van der Waals surface area contributed by atoms with E-state index in [-0.39, 0.29) is 6.04 Å². The average molecular weight is 390 g/mol. The lowest BCUT2D eigenvalue weighted by atomic mass is 10.2. The van der Waals surface area contributed by atoms with E-state index in [1.165, 1.54) is 11.0 Å². The topological polar surface area (TPSA) is 81.0 Å². The normalized spacial score (nSPS) is 15.7. The van der Waals surface area contributed by atoms with Crippen molar-refractivity contribution in [1.29, 1.82) is 0 Å². The van der Waals surface area contributed by atoms with Gasteiger partial charge in [0, 0.05) is 17.5 Å². The molecule has 0 atom stereocenters. The molecule has 0 spiro atoms. The van der Waals surface area contributed by atoms with Crippen LogP contribution in [-0.2, 0) is 16.6 Å². The summed E-state index contributed by atoms with van der Waals surface area (Å²) in [5.41, 5.74) is 0.722. The quantitative estimate of drug-likeness (QED) is 0.647. The molecule has 0 bridgehead atoms. The number of aromatic nitrogens is 4. The van der Waals surface area contributed by atoms with Gasteiger partial charge in [0.05, 0.1) is 10.6 Å². The highest BCUT2D eigenvalue weighted by atomic mass is 32.2. The molecule has 9 heteroatoms. The first-order valence-electron chi connectivity index (χ1n) is 8.52. The van der Waals surface area contributed by atoms with Crippen molar-refractivity contribution in [2.45, 2.75) is 43.2 Å². The molecule has 3 aromatic rings. The van der Waals surface area contributed by atoms with Gasteiger partial charge in [-0.05, 0) is 59.0 Å². The molecular formula is C17H19N5O2S2. The van der Waals surface area contributed by atoms with E-state index in [2.05, 4.69) is 15.5 Å². The Labute approximate surface area is 156 Å². The summed E-state index contributed by atoms with van der Waals surface area (Å²) in [5.74, 6) is 0. The fourth-order valence-electron chi connectivity index (χ4n) is 3.34. The highest BCUT2D eigenvalue weighted by molar-refractivity contribution is 7.89. The van der Waals surface area contributed by atoms with E-state index in [1.54, 1.807) is 39.9 Å². The second kappa shape index (κ2) is 7.26. The van der Waals surface area contributed by atoms with E-state index in [4.69, 9.17) is 0 Å². The lowest BCUT2D eigenvalue weighted by Crippen LogP contribution is -2.38. The van der Waals surface area contributed by atoms with Crippen LogP contribution in [0.3, 0.4) is 0 Å². The van der Waals surface area contributed by atoms with Crippen LogP contribution >= 0.6 is 11.3 Å². The van der Waals surface area contributed by atoms with Crippen molar-refractivity contribution >= 4 is 21.4 Å². The maximum atomic E-state index is 13.3. The molecule has 0 unspecified atom stereocenters. The average Bonchev–Trinajstić information content (AvgIpc) is 3.43. The highest BCUT2D eigenvalue weighted by Crippen LogP contribution is 2.31. The van der Waals surface area contributed by atoms with Crippen molar-refractivity contribution < 1.29 is 8.42 Å². The van der Waals surface area contributed by atoms with E-state index < -0.39 is 10.0 Å². The number of sulfonamides is 1. The Morgan fingerprint density at radius 3 is 2.54 bits per heavy atom. The predicted octanol–water partition coefficient (Wildman–Crippen LogP) is 2.86. The van der Waals surface area contributed by atoms with Crippen LogP contribution in [0.25, 0.3) is 5.69 Å². The van der Waals surface area contributed by atoms with E-state index >= 15 is 0 Å². The third-order valence-corrected chi connectivity index (χ3v) is 7.45. The molecular weight excluding hydrogens is 370 g/mol. The van der Waals surface area contributed by atoms with Crippen molar-refractivity contribution in [1.82, 2.24) is 24.5 Å². The summed E-state index contributed by atoms with van der Waals surface area (Å²) >= 11 is 1.59. The van der Waals surface area contributed by atoms with Crippen LogP contribution in [0.15, 0.2) is 53.0 Å². The monoisotopic (exact) mass is 389 g/mol. The Morgan fingerprint density at radius 1 is 1.15 bits per heavy atom. The minimum Gasteiger partial charge on any atom is -0.207 e. The number of thiophene rings is 1. The summed E-state index contributed by atoms with van der Waals surface area (Å²) in [6, 6.07) is 10.7. The molecule has 2 heterocycles. The van der Waals surface area contributed by atoms with Crippen molar-refractivity contribution in [2.75, 3.05) is 0 Å². The van der Waals surface area contributed by atoms with E-state index in [9.17, 15) is 8.42 Å². The van der Waals surface area contributed by atoms with Crippen molar-refractivity contribution in [3.63, 3.8) is 0 Å². The Balaban J connectivity index is 1.65. The second-order valence-corrected chi connectivity index (χ2v) is 9.24. The molecule has 0 N–H and O–H groups in total. The van der Waals surface area contributed by atoms with Gasteiger partial charge in [0.25, 0.3) is 0 Å². The zero-order chi connectivity index (χ0) is 18.0. The lowest BCUT2D eigenvalue weighted by molar-refractivity contribution is 0.318. The first kappa shape index (κ1) is 17.3. The van der Waals surface area contributed by atoms with Crippen LogP contribution < -0.4 is 0 Å². The van der Waals surface area contributed by atoms with Crippen LogP contribution in [0.2, 0.25) is 0 Å². The molecule has 26 heavy (non-hydrogen) atoms. The van der Waals surface area contributed by atoms with Crippen LogP contribution in [0.5, 0.6) is 0 Å². The molecule has 0 amide bonds. The van der Waals surface area contributed by atoms with Gasteiger partial charge in [0.15, 0.2) is 0 Å². The molecule has 4 rings (SSSR count). The molecule has 1 aliphatic rings. The van der Waals surface area contributed by atoms with Crippen molar-refractivity contribution in [3.05, 3.63) is 53.0 Å². The maximum Gasteiger partial charge on any atom is 0.243 e. The molecule has 0 radical (unpaired) electrons. The Morgan fingerprint density at radius 2 is 1.92 bits per heavy atom. The SMILES string of the molecule is O=S(=O)(c1ccc(-n2cnnn2)cc1)N(Cc1cccs1)C1CCCC1. The molecule has 0 aliphatic heterocycles. The van der Waals surface area contributed by atoms with Gasteiger partial charge in [-0.1, -0.05) is 18.9 Å². The van der Waals surface area contributed by atoms with Gasteiger partial charge >= 0.3 is 0 Å². The van der Waals surface area contributed by atoms with Gasteiger partial charge in [0.1, 0.15) is 6.33 Å². The number of benzene rings is 1. The summed E-state index contributed by atoms with van der Waals surface area (Å²) < 4.78 is 29.8. The van der Waals surface area contributed by atoms with Crippen molar-refractivity contribution in [3.8, 4) is 5.69 Å². The number of tetrazole rings is 1. The Kier molecular flexibility index (Phi) is 4.84. The first-order valence-corrected chi connectivity index (χ1v) is 10.8. The maximum absolute atomic E-state index is 13.3. The summed E-state index contributed by atoms with van der Waals surface area (Å²) in [6.07, 6.45) is 5.49. The fourth-order valence-corrected chi connectivity index (χ4v) is 5.79. The number of hydrogen-bond acceptors (Lipinski definition) is 6. The van der Waals surface area contributed by atoms with Gasteiger partial charge in [-0.2, -0.15) is 4.31 Å². The zero-order valence-electron chi connectivity index (χ0n) is 14.1. The van der Waals surface area contributed by atoms with Gasteiger partial charge in [-0.15, -0.1) is 16.4 Å². The molecule has 0 saturated heterocycles. The Hall–Kier alpha value is -2.10. The molecule has 1 fully saturated rings. The number of rotatable bonds is 6. The second-order valence-electron chi connectivity index (χ2n) is 6.32. The zero-order valence-corrected chi connectivity index (χ0v) is 15.7. The number of hydrogen-bond donors (Lipinski definition) is 0. The Bertz CT molecular complexity index is 932. The molecule has 1 aromatic carbocycles. The first-order chi connectivity index (χ1) is 12.6. The van der Waals surface area contributed by atoms with Gasteiger partial charge in [-0.3, -0.25) is 0 Å². The van der Waals surface area contributed by atoms with E-state index in [1.807, 2.05) is 17.5 Å². The number of nitrogens with zero attached hydrogens (tertiary/aromatic N) is 5. The van der Waals surface area contributed by atoms with Gasteiger partial charge in [-0.25, -0.2) is 13.1 Å². The van der Waals surface area contributed by atoms with Gasteiger partial charge < -0.3 is 0 Å². The van der Waals surface area contributed by atoms with Crippen LogP contribution in [0.4, 0.5) is 0 Å². The third-order valence-electron chi connectivity index (χ3n) is 4.68. The summed E-state index contributed by atoms with van der Waals surface area (Å²) in [5, 5.41) is 13.0. The summed E-state index contributed by atoms with van der Waals surface area (Å²) in [4.78, 5) is 1.36. The van der Waals surface area contributed by atoms with Gasteiger partial charge in [0.2, 0.25) is 10.0 Å². The molecule has 136 valence electrons. The van der Waals surface area contributed by atoms with E-state index in [0.29, 0.717) is 11.4 Å². The molecule has 1 aliphatic carbocycles.